The van der Waals surface area contributed by atoms with Gasteiger partial charge in [-0.3, -0.25) is 0 Å². The van der Waals surface area contributed by atoms with E-state index in [9.17, 15) is 12.8 Å². The fraction of sp³-hybridized carbons (Fsp3) is 0.400. The van der Waals surface area contributed by atoms with Gasteiger partial charge in [0.15, 0.2) is 0 Å². The third kappa shape index (κ3) is 4.29. The predicted molar refractivity (Wildman–Crippen MR) is 61.8 cm³/mol. The van der Waals surface area contributed by atoms with Gasteiger partial charge >= 0.3 is 0 Å². The van der Waals surface area contributed by atoms with Gasteiger partial charge in [-0.2, -0.15) is 0 Å². The topological polar surface area (TPSA) is 72.6 Å². The molecule has 0 unspecified atom stereocenters. The molecule has 96 valence electrons. The number of nitrogens with zero attached hydrogens (tertiary/aromatic N) is 1. The van der Waals surface area contributed by atoms with Crippen LogP contribution in [0.15, 0.2) is 23.1 Å². The fourth-order valence-corrected chi connectivity index (χ4v) is 1.85. The maximum Gasteiger partial charge on any atom is 0.241 e. The first-order valence-corrected chi connectivity index (χ1v) is 6.45. The van der Waals surface area contributed by atoms with Gasteiger partial charge in [0, 0.05) is 6.54 Å². The highest BCUT2D eigenvalue weighted by molar-refractivity contribution is 7.89. The number of sulfonamides is 1. The van der Waals surface area contributed by atoms with Crippen molar-refractivity contribution in [3.63, 3.8) is 0 Å². The normalized spacial score (nSPS) is 11.8. The zero-order valence-electron chi connectivity index (χ0n) is 9.68. The molecule has 0 aromatic heterocycles. The van der Waals surface area contributed by atoms with Crippen LogP contribution in [0.3, 0.4) is 0 Å². The first kappa shape index (κ1) is 13.9. The summed E-state index contributed by atoms with van der Waals surface area (Å²) in [6.45, 7) is 0.905. The van der Waals surface area contributed by atoms with Crippen molar-refractivity contribution in [1.29, 1.82) is 0 Å². The first-order valence-electron chi connectivity index (χ1n) is 4.90. The second kappa shape index (κ2) is 5.44. The van der Waals surface area contributed by atoms with E-state index in [-0.39, 0.29) is 10.6 Å². The van der Waals surface area contributed by atoms with Crippen molar-refractivity contribution >= 4 is 10.0 Å². The van der Waals surface area contributed by atoms with E-state index in [2.05, 4.69) is 0 Å². The zero-order chi connectivity index (χ0) is 13.1. The minimum atomic E-state index is -3.99. The molecule has 1 aromatic carbocycles. The summed E-state index contributed by atoms with van der Waals surface area (Å²) in [4.78, 5) is 1.54. The smallest absolute Gasteiger partial charge is 0.241 e. The Kier molecular flexibility index (Phi) is 4.44. The summed E-state index contributed by atoms with van der Waals surface area (Å²) < 4.78 is 40.7. The largest absolute Gasteiger partial charge is 0.491 e. The molecular weight excluding hydrogens is 247 g/mol. The molecular formula is C10H15FN2O3S. The molecule has 0 amide bonds. The van der Waals surface area contributed by atoms with Crippen molar-refractivity contribution in [2.24, 2.45) is 5.14 Å². The molecule has 0 saturated carbocycles. The molecule has 17 heavy (non-hydrogen) atoms. The van der Waals surface area contributed by atoms with Gasteiger partial charge in [0.2, 0.25) is 10.0 Å². The highest BCUT2D eigenvalue weighted by atomic mass is 32.2. The van der Waals surface area contributed by atoms with Crippen LogP contribution in [0.25, 0.3) is 0 Å². The number of benzene rings is 1. The van der Waals surface area contributed by atoms with Crippen LogP contribution >= 0.6 is 0 Å². The highest BCUT2D eigenvalue weighted by Gasteiger charge is 2.16. The Morgan fingerprint density at radius 3 is 2.59 bits per heavy atom. The van der Waals surface area contributed by atoms with Crippen LogP contribution in [-0.2, 0) is 10.0 Å². The summed E-state index contributed by atoms with van der Waals surface area (Å²) in [6, 6.07) is 3.23. The van der Waals surface area contributed by atoms with E-state index in [4.69, 9.17) is 9.88 Å². The average molecular weight is 262 g/mol. The number of nitrogens with two attached hydrogens (primary N) is 1. The summed E-state index contributed by atoms with van der Waals surface area (Å²) in [5, 5.41) is 4.97. The molecule has 0 atom stereocenters. The Bertz CT molecular complexity index is 488. The molecule has 0 aliphatic carbocycles. The fourth-order valence-electron chi connectivity index (χ4n) is 1.16. The highest BCUT2D eigenvalue weighted by Crippen LogP contribution is 2.23. The van der Waals surface area contributed by atoms with Crippen LogP contribution in [-0.4, -0.2) is 40.6 Å². The second-order valence-corrected chi connectivity index (χ2v) is 5.32. The Morgan fingerprint density at radius 1 is 1.41 bits per heavy atom. The van der Waals surface area contributed by atoms with E-state index in [1.54, 1.807) is 0 Å². The van der Waals surface area contributed by atoms with Crippen molar-refractivity contribution in [3.8, 4) is 5.75 Å². The lowest BCUT2D eigenvalue weighted by molar-refractivity contribution is 0.256. The van der Waals surface area contributed by atoms with E-state index in [0.29, 0.717) is 13.2 Å². The Labute approximate surface area is 100 Å². The number of likely N-dealkylation sites (N-methyl/N-ethyl adjacent to an activating group) is 1. The van der Waals surface area contributed by atoms with Gasteiger partial charge in [0.25, 0.3) is 0 Å². The Morgan fingerprint density at radius 2 is 2.06 bits per heavy atom. The summed E-state index contributed by atoms with van der Waals surface area (Å²) in [7, 11) is -0.274. The van der Waals surface area contributed by atoms with Crippen LogP contribution in [0.5, 0.6) is 5.75 Å². The first-order chi connectivity index (χ1) is 7.80. The lowest BCUT2D eigenvalue weighted by atomic mass is 10.3. The lowest BCUT2D eigenvalue weighted by Crippen LogP contribution is -2.21. The van der Waals surface area contributed by atoms with Gasteiger partial charge in [-0.15, -0.1) is 0 Å². The van der Waals surface area contributed by atoms with Gasteiger partial charge < -0.3 is 9.64 Å². The van der Waals surface area contributed by atoms with E-state index in [1.165, 1.54) is 6.07 Å². The van der Waals surface area contributed by atoms with Gasteiger partial charge in [-0.25, -0.2) is 17.9 Å². The van der Waals surface area contributed by atoms with Crippen LogP contribution in [0.4, 0.5) is 4.39 Å². The van der Waals surface area contributed by atoms with Crippen LogP contribution in [0, 0.1) is 5.82 Å². The minimum absolute atomic E-state index is 0.0655. The minimum Gasteiger partial charge on any atom is -0.491 e. The molecule has 2 N–H and O–H groups in total. The second-order valence-electron chi connectivity index (χ2n) is 3.79. The van der Waals surface area contributed by atoms with Crippen molar-refractivity contribution in [1.82, 2.24) is 4.90 Å². The summed E-state index contributed by atoms with van der Waals surface area (Å²) >= 11 is 0. The third-order valence-corrected chi connectivity index (χ3v) is 2.94. The maximum absolute atomic E-state index is 12.9. The number of halogens is 1. The summed E-state index contributed by atoms with van der Waals surface area (Å²) in [5.74, 6) is -0.607. The predicted octanol–water partition coefficient (Wildman–Crippen LogP) is 0.413. The van der Waals surface area contributed by atoms with Gasteiger partial charge in [-0.1, -0.05) is 0 Å². The monoisotopic (exact) mass is 262 g/mol. The molecule has 0 aliphatic heterocycles. The molecule has 0 saturated heterocycles. The number of ether oxygens (including phenoxy) is 1. The molecule has 0 fully saturated rings. The lowest BCUT2D eigenvalue weighted by Gasteiger charge is -2.13. The van der Waals surface area contributed by atoms with E-state index in [1.807, 2.05) is 19.0 Å². The zero-order valence-corrected chi connectivity index (χ0v) is 10.5. The van der Waals surface area contributed by atoms with Crippen LogP contribution < -0.4 is 9.88 Å². The van der Waals surface area contributed by atoms with Gasteiger partial charge in [0.05, 0.1) is 0 Å². The number of rotatable bonds is 5. The quantitative estimate of drug-likeness (QED) is 0.834. The van der Waals surface area contributed by atoms with Crippen LogP contribution in [0.1, 0.15) is 0 Å². The molecule has 5 nitrogen and oxygen atoms in total. The molecule has 0 spiro atoms. The van der Waals surface area contributed by atoms with E-state index < -0.39 is 15.8 Å². The Hall–Kier alpha value is -1.18. The van der Waals surface area contributed by atoms with Crippen molar-refractivity contribution in [3.05, 3.63) is 24.0 Å². The molecule has 7 heteroatoms. The number of hydrogen-bond acceptors (Lipinski definition) is 4. The number of hydrogen-bond donors (Lipinski definition) is 1. The van der Waals surface area contributed by atoms with Crippen molar-refractivity contribution in [2.45, 2.75) is 4.90 Å². The number of primary sulfonamides is 1. The van der Waals surface area contributed by atoms with Crippen molar-refractivity contribution < 1.29 is 17.5 Å². The molecule has 0 bridgehead atoms. The Balaban J connectivity index is 2.92. The SMILES string of the molecule is CN(C)CCOc1ccc(F)cc1S(N)(=O)=O. The molecule has 0 radical (unpaired) electrons. The maximum atomic E-state index is 12.9. The van der Waals surface area contributed by atoms with Crippen molar-refractivity contribution in [2.75, 3.05) is 27.2 Å². The van der Waals surface area contributed by atoms with E-state index in [0.717, 1.165) is 12.1 Å². The molecule has 0 heterocycles. The average Bonchev–Trinajstić information content (AvgIpc) is 2.18. The summed E-state index contributed by atoms with van der Waals surface area (Å²) in [5.41, 5.74) is 0. The van der Waals surface area contributed by atoms with Gasteiger partial charge in [-0.05, 0) is 32.3 Å². The van der Waals surface area contributed by atoms with Gasteiger partial charge in [0.1, 0.15) is 23.1 Å². The standard InChI is InChI=1S/C10H15FN2O3S/c1-13(2)5-6-16-9-4-3-8(11)7-10(9)17(12,14)15/h3-4,7H,5-6H2,1-2H3,(H2,12,14,15). The molecule has 1 rings (SSSR count). The molecule has 0 aliphatic rings. The van der Waals surface area contributed by atoms with E-state index >= 15 is 0 Å². The third-order valence-electron chi connectivity index (χ3n) is 2.01. The summed E-state index contributed by atoms with van der Waals surface area (Å²) in [6.07, 6.45) is 0. The molecule has 1 aromatic rings. The van der Waals surface area contributed by atoms with Crippen LogP contribution in [0.2, 0.25) is 0 Å².